The number of carbonyl (C=O) groups is 1. The Labute approximate surface area is 267 Å². The Bertz CT molecular complexity index is 1660. The van der Waals surface area contributed by atoms with Gasteiger partial charge in [0.25, 0.3) is 0 Å². The summed E-state index contributed by atoms with van der Waals surface area (Å²) in [4.78, 5) is 12.2. The fraction of sp³-hybridized carbons (Fsp3) is 0.161. The third kappa shape index (κ3) is 13.2. The number of nitrogens with zero attached hydrogens (tertiary/aromatic N) is 1. The summed E-state index contributed by atoms with van der Waals surface area (Å²) >= 11 is 0. The van der Waals surface area contributed by atoms with Crippen LogP contribution in [0.4, 0.5) is 52.7 Å². The Morgan fingerprint density at radius 1 is 0.490 bits per heavy atom. The summed E-state index contributed by atoms with van der Waals surface area (Å²) < 4.78 is 162. The van der Waals surface area contributed by atoms with E-state index in [4.69, 9.17) is 0 Å². The van der Waals surface area contributed by atoms with Crippen LogP contribution in [0.25, 0.3) is 0 Å². The normalized spacial score (nSPS) is 11.9. The molecule has 0 aliphatic carbocycles. The van der Waals surface area contributed by atoms with E-state index in [1.54, 1.807) is 0 Å². The summed E-state index contributed by atoms with van der Waals surface area (Å²) in [5.41, 5.74) is -0.0939. The van der Waals surface area contributed by atoms with Gasteiger partial charge in [0.2, 0.25) is 0 Å². The van der Waals surface area contributed by atoms with Gasteiger partial charge in [-0.25, -0.2) is 0 Å². The molecule has 0 N–H and O–H groups in total. The van der Waals surface area contributed by atoms with E-state index in [2.05, 4.69) is 18.9 Å². The number of halogens is 12. The average molecular weight is 711 g/mol. The lowest BCUT2D eigenvalue weighted by atomic mass is 9.92. The van der Waals surface area contributed by atoms with Crippen molar-refractivity contribution in [3.8, 4) is 29.1 Å². The fourth-order valence-electron chi connectivity index (χ4n) is 3.96. The number of ether oxygens (including phenoxy) is 4. The number of ketones is 1. The molecule has 4 rings (SSSR count). The highest BCUT2D eigenvalue weighted by molar-refractivity contribution is 6.09. The van der Waals surface area contributed by atoms with Crippen molar-refractivity contribution in [3.63, 3.8) is 0 Å². The minimum atomic E-state index is -4.93. The molecule has 49 heavy (non-hydrogen) atoms. The van der Waals surface area contributed by atoms with Crippen LogP contribution in [-0.2, 0) is 0 Å². The SMILES string of the molecule is N#CC(c1cccc(OC(F)(F)F)c1)c1cccc(OC(F)(F)F)c1.O=C(c1cccc(OC(F)(F)F)c1)c1cccc(OC(F)(F)F)c1. The van der Waals surface area contributed by atoms with Crippen LogP contribution in [0.15, 0.2) is 97.1 Å². The molecule has 18 heteroatoms. The van der Waals surface area contributed by atoms with Crippen molar-refractivity contribution in [2.75, 3.05) is 0 Å². The van der Waals surface area contributed by atoms with Gasteiger partial charge in [-0.15, -0.1) is 52.7 Å². The zero-order chi connectivity index (χ0) is 36.6. The van der Waals surface area contributed by atoms with E-state index < -0.39 is 60.1 Å². The first-order chi connectivity index (χ1) is 22.6. The summed E-state index contributed by atoms with van der Waals surface area (Å²) in [6, 6.07) is 19.6. The predicted octanol–water partition coefficient (Wildman–Crippen LogP) is 9.85. The highest BCUT2D eigenvalue weighted by atomic mass is 19.4. The van der Waals surface area contributed by atoms with Gasteiger partial charge in [0, 0.05) is 11.1 Å². The minimum absolute atomic E-state index is 0.133. The third-order valence-electron chi connectivity index (χ3n) is 5.64. The van der Waals surface area contributed by atoms with Gasteiger partial charge in [-0.1, -0.05) is 48.5 Å². The van der Waals surface area contributed by atoms with Crippen LogP contribution in [0.1, 0.15) is 33.0 Å². The van der Waals surface area contributed by atoms with Gasteiger partial charge >= 0.3 is 25.4 Å². The molecular weight excluding hydrogens is 694 g/mol. The van der Waals surface area contributed by atoms with Crippen LogP contribution in [0.2, 0.25) is 0 Å². The molecule has 0 fully saturated rings. The molecule has 0 saturated carbocycles. The van der Waals surface area contributed by atoms with Crippen molar-refractivity contribution in [3.05, 3.63) is 119 Å². The number of nitriles is 1. The van der Waals surface area contributed by atoms with Gasteiger partial charge < -0.3 is 18.9 Å². The first-order valence-corrected chi connectivity index (χ1v) is 13.0. The molecule has 0 saturated heterocycles. The fourth-order valence-corrected chi connectivity index (χ4v) is 3.96. The topological polar surface area (TPSA) is 77.8 Å². The standard InChI is InChI=1S/C16H9F6NO2.C15H8F6O3/c17-15(18,19)24-12-5-1-3-10(7-12)14(9-23)11-4-2-6-13(8-11)25-16(20,21)22;16-14(17,18)23-11-5-1-3-9(7-11)13(22)10-4-2-6-12(8-10)24-15(19,20)21/h1-8,14H;1-8H. The van der Waals surface area contributed by atoms with Crippen LogP contribution < -0.4 is 18.9 Å². The maximum absolute atomic E-state index is 12.3. The zero-order valence-electron chi connectivity index (χ0n) is 23.8. The second-order valence-electron chi connectivity index (χ2n) is 9.28. The first-order valence-electron chi connectivity index (χ1n) is 13.0. The predicted molar refractivity (Wildman–Crippen MR) is 143 cm³/mol. The number of alkyl halides is 12. The Morgan fingerprint density at radius 2 is 0.776 bits per heavy atom. The van der Waals surface area contributed by atoms with Crippen molar-refractivity contribution >= 4 is 5.78 Å². The maximum Gasteiger partial charge on any atom is 0.573 e. The Kier molecular flexibility index (Phi) is 11.7. The molecule has 0 heterocycles. The van der Waals surface area contributed by atoms with Crippen molar-refractivity contribution in [1.82, 2.24) is 0 Å². The Morgan fingerprint density at radius 3 is 1.06 bits per heavy atom. The largest absolute Gasteiger partial charge is 0.573 e. The van der Waals surface area contributed by atoms with E-state index in [1.807, 2.05) is 6.07 Å². The number of hydrogen-bond acceptors (Lipinski definition) is 6. The Balaban J connectivity index is 0.000000266. The van der Waals surface area contributed by atoms with Crippen LogP contribution in [0, 0.1) is 11.3 Å². The van der Waals surface area contributed by atoms with E-state index in [-0.39, 0.29) is 22.3 Å². The molecule has 0 spiro atoms. The molecule has 0 aliphatic heterocycles. The van der Waals surface area contributed by atoms with Crippen LogP contribution in [-0.4, -0.2) is 31.2 Å². The Hall–Kier alpha value is -5.60. The lowest BCUT2D eigenvalue weighted by molar-refractivity contribution is -0.275. The molecule has 0 aromatic heterocycles. The highest BCUT2D eigenvalue weighted by Gasteiger charge is 2.34. The summed E-state index contributed by atoms with van der Waals surface area (Å²) in [5, 5.41) is 9.30. The van der Waals surface area contributed by atoms with Crippen molar-refractivity contribution in [1.29, 1.82) is 5.26 Å². The minimum Gasteiger partial charge on any atom is -0.406 e. The van der Waals surface area contributed by atoms with E-state index in [9.17, 15) is 62.7 Å². The van der Waals surface area contributed by atoms with Gasteiger partial charge in [-0.2, -0.15) is 5.26 Å². The van der Waals surface area contributed by atoms with Gasteiger partial charge in [-0.05, 0) is 59.7 Å². The number of rotatable bonds is 8. The molecule has 260 valence electrons. The van der Waals surface area contributed by atoms with Crippen LogP contribution >= 0.6 is 0 Å². The van der Waals surface area contributed by atoms with Crippen LogP contribution in [0.5, 0.6) is 23.0 Å². The number of carbonyl (C=O) groups excluding carboxylic acids is 1. The second-order valence-corrected chi connectivity index (χ2v) is 9.28. The van der Waals surface area contributed by atoms with Crippen LogP contribution in [0.3, 0.4) is 0 Å². The molecule has 0 radical (unpaired) electrons. The van der Waals surface area contributed by atoms with E-state index in [0.717, 1.165) is 60.7 Å². The molecule has 4 aromatic carbocycles. The molecule has 0 atom stereocenters. The molecule has 4 aromatic rings. The molecule has 6 nitrogen and oxygen atoms in total. The first kappa shape index (κ1) is 37.9. The van der Waals surface area contributed by atoms with E-state index in [1.165, 1.54) is 36.4 Å². The lowest BCUT2D eigenvalue weighted by Gasteiger charge is -2.15. The second kappa shape index (κ2) is 15.1. The van der Waals surface area contributed by atoms with E-state index >= 15 is 0 Å². The monoisotopic (exact) mass is 711 g/mol. The van der Waals surface area contributed by atoms with E-state index in [0.29, 0.717) is 0 Å². The van der Waals surface area contributed by atoms with Gasteiger partial charge in [0.05, 0.1) is 12.0 Å². The van der Waals surface area contributed by atoms with Gasteiger partial charge in [-0.3, -0.25) is 4.79 Å². The quantitative estimate of drug-likeness (QED) is 0.134. The van der Waals surface area contributed by atoms with Crippen molar-refractivity contribution in [2.45, 2.75) is 31.4 Å². The van der Waals surface area contributed by atoms with Gasteiger partial charge in [0.15, 0.2) is 5.78 Å². The molecular formula is C31H17F12NO5. The lowest BCUT2D eigenvalue weighted by Crippen LogP contribution is -2.17. The smallest absolute Gasteiger partial charge is 0.406 e. The summed E-state index contributed by atoms with van der Waals surface area (Å²) in [6.07, 6.45) is -19.7. The summed E-state index contributed by atoms with van der Waals surface area (Å²) in [6.45, 7) is 0. The average Bonchev–Trinajstić information content (AvgIpc) is 2.95. The van der Waals surface area contributed by atoms with Gasteiger partial charge in [0.1, 0.15) is 23.0 Å². The zero-order valence-corrected chi connectivity index (χ0v) is 23.8. The summed E-state index contributed by atoms with van der Waals surface area (Å²) in [7, 11) is 0. The maximum atomic E-state index is 12.3. The highest BCUT2D eigenvalue weighted by Crippen LogP contribution is 2.32. The van der Waals surface area contributed by atoms with Crippen molar-refractivity contribution < 1.29 is 76.4 Å². The van der Waals surface area contributed by atoms with Crippen molar-refractivity contribution in [2.24, 2.45) is 0 Å². The molecule has 0 bridgehead atoms. The third-order valence-corrected chi connectivity index (χ3v) is 5.64. The molecule has 0 unspecified atom stereocenters. The molecule has 0 amide bonds. The number of hydrogen-bond donors (Lipinski definition) is 0. The molecule has 0 aliphatic rings. The number of benzene rings is 4. The summed E-state index contributed by atoms with van der Waals surface area (Å²) in [5.74, 6) is -4.18.